The molecule has 0 bridgehead atoms. The van der Waals surface area contributed by atoms with Crippen LogP contribution in [0.4, 0.5) is 0 Å². The lowest BCUT2D eigenvalue weighted by molar-refractivity contribution is -0.142. The average molecular weight is 362 g/mol. The third-order valence-corrected chi connectivity index (χ3v) is 4.77. The Hall–Kier alpha value is -2.08. The number of amides is 1. The predicted molar refractivity (Wildman–Crippen MR) is 100 cm³/mol. The highest BCUT2D eigenvalue weighted by Gasteiger charge is 2.25. The summed E-state index contributed by atoms with van der Waals surface area (Å²) in [5, 5.41) is 15.5. The molecule has 0 unspecified atom stereocenters. The Morgan fingerprint density at radius 1 is 1.19 bits per heavy atom. The second-order valence-corrected chi connectivity index (χ2v) is 6.90. The van der Waals surface area contributed by atoms with Gasteiger partial charge in [-0.05, 0) is 44.4 Å². The molecule has 1 saturated carbocycles. The van der Waals surface area contributed by atoms with Crippen molar-refractivity contribution < 1.29 is 19.4 Å². The summed E-state index contributed by atoms with van der Waals surface area (Å²) < 4.78 is 5.39. The summed E-state index contributed by atoms with van der Waals surface area (Å²) in [5.74, 6) is -0.552. The third-order valence-electron chi connectivity index (χ3n) is 4.77. The van der Waals surface area contributed by atoms with E-state index in [4.69, 9.17) is 4.74 Å². The normalized spacial score (nSPS) is 17.3. The minimum atomic E-state index is -1.03. The number of ether oxygens (including phenoxy) is 1. The number of nitrogens with one attached hydrogen (secondary N) is 2. The van der Waals surface area contributed by atoms with Crippen molar-refractivity contribution in [1.29, 1.82) is 0 Å². The highest BCUT2D eigenvalue weighted by molar-refractivity contribution is 5.86. The van der Waals surface area contributed by atoms with Crippen LogP contribution in [0.25, 0.3) is 0 Å². The summed E-state index contributed by atoms with van der Waals surface area (Å²) >= 11 is 0. The van der Waals surface area contributed by atoms with Crippen LogP contribution in [0.2, 0.25) is 0 Å². The van der Waals surface area contributed by atoms with E-state index in [1.54, 1.807) is 6.92 Å². The first-order valence-electron chi connectivity index (χ1n) is 9.50. The highest BCUT2D eigenvalue weighted by Crippen LogP contribution is 2.18. The first kappa shape index (κ1) is 20.2. The molecule has 144 valence electrons. The Labute approximate surface area is 155 Å². The van der Waals surface area contributed by atoms with Gasteiger partial charge in [-0.2, -0.15) is 0 Å². The quantitative estimate of drug-likeness (QED) is 0.628. The van der Waals surface area contributed by atoms with Crippen LogP contribution in [0.1, 0.15) is 51.5 Å². The van der Waals surface area contributed by atoms with Crippen LogP contribution >= 0.6 is 0 Å². The standard InChI is InChI=1S/C20H30N2O4/c1-3-26-17-11-9-15(10-12-17)13-18(20(24)25)22-19(23)14(2)21-16-7-5-4-6-8-16/h9-12,14,16,18,21H,3-8,13H2,1-2H3,(H,22,23)(H,24,25)/t14-,18-/m0/s1. The predicted octanol–water partition coefficient (Wildman–Crippen LogP) is 2.51. The lowest BCUT2D eigenvalue weighted by Gasteiger charge is -2.27. The zero-order valence-corrected chi connectivity index (χ0v) is 15.7. The molecule has 0 radical (unpaired) electrons. The molecule has 2 atom stereocenters. The van der Waals surface area contributed by atoms with Crippen molar-refractivity contribution in [3.63, 3.8) is 0 Å². The summed E-state index contributed by atoms with van der Waals surface area (Å²) in [4.78, 5) is 24.0. The first-order valence-corrected chi connectivity index (χ1v) is 9.50. The van der Waals surface area contributed by atoms with Crippen molar-refractivity contribution in [2.75, 3.05) is 6.61 Å². The van der Waals surface area contributed by atoms with Crippen molar-refractivity contribution in [1.82, 2.24) is 10.6 Å². The molecule has 1 amide bonds. The second-order valence-electron chi connectivity index (χ2n) is 6.90. The van der Waals surface area contributed by atoms with Gasteiger partial charge in [-0.25, -0.2) is 4.79 Å². The summed E-state index contributed by atoms with van der Waals surface area (Å²) in [5.41, 5.74) is 0.842. The molecule has 26 heavy (non-hydrogen) atoms. The number of carbonyl (C=O) groups is 2. The van der Waals surface area contributed by atoms with E-state index >= 15 is 0 Å². The maximum Gasteiger partial charge on any atom is 0.326 e. The van der Waals surface area contributed by atoms with Crippen LogP contribution in [0.15, 0.2) is 24.3 Å². The number of carboxylic acids is 1. The molecule has 0 spiro atoms. The van der Waals surface area contributed by atoms with Crippen molar-refractivity contribution in [2.45, 2.75) is 70.5 Å². The molecule has 1 aliphatic rings. The number of hydrogen-bond acceptors (Lipinski definition) is 4. The van der Waals surface area contributed by atoms with Gasteiger partial charge in [-0.15, -0.1) is 0 Å². The largest absolute Gasteiger partial charge is 0.494 e. The SMILES string of the molecule is CCOc1ccc(C[C@H](NC(=O)[C@H](C)NC2CCCCC2)C(=O)O)cc1. The number of rotatable bonds is 9. The van der Waals surface area contributed by atoms with Crippen molar-refractivity contribution in [3.8, 4) is 5.75 Å². The molecule has 0 aromatic heterocycles. The zero-order chi connectivity index (χ0) is 18.9. The molecule has 6 nitrogen and oxygen atoms in total. The molecular weight excluding hydrogens is 332 g/mol. The fourth-order valence-electron chi connectivity index (χ4n) is 3.32. The number of aliphatic carboxylic acids is 1. The Morgan fingerprint density at radius 2 is 1.85 bits per heavy atom. The Balaban J connectivity index is 1.89. The van der Waals surface area contributed by atoms with Crippen molar-refractivity contribution in [3.05, 3.63) is 29.8 Å². The van der Waals surface area contributed by atoms with Crippen LogP contribution in [-0.2, 0) is 16.0 Å². The Kier molecular flexibility index (Phi) is 7.91. The van der Waals surface area contributed by atoms with Crippen molar-refractivity contribution >= 4 is 11.9 Å². The Morgan fingerprint density at radius 3 is 2.42 bits per heavy atom. The molecule has 0 aliphatic heterocycles. The summed E-state index contributed by atoms with van der Waals surface area (Å²) in [6.45, 7) is 4.28. The number of benzene rings is 1. The van der Waals surface area contributed by atoms with Gasteiger partial charge in [-0.1, -0.05) is 31.4 Å². The van der Waals surface area contributed by atoms with Crippen LogP contribution < -0.4 is 15.4 Å². The third kappa shape index (κ3) is 6.33. The van der Waals surface area contributed by atoms with E-state index in [2.05, 4.69) is 10.6 Å². The van der Waals surface area contributed by atoms with E-state index in [0.29, 0.717) is 12.6 Å². The maximum absolute atomic E-state index is 12.4. The summed E-state index contributed by atoms with van der Waals surface area (Å²) in [7, 11) is 0. The first-order chi connectivity index (χ1) is 12.5. The van der Waals surface area contributed by atoms with Gasteiger partial charge in [-0.3, -0.25) is 4.79 Å². The number of carbonyl (C=O) groups excluding carboxylic acids is 1. The zero-order valence-electron chi connectivity index (χ0n) is 15.7. The van der Waals surface area contributed by atoms with Gasteiger partial charge in [0.1, 0.15) is 11.8 Å². The van der Waals surface area contributed by atoms with Gasteiger partial charge in [0.25, 0.3) is 0 Å². The van der Waals surface area contributed by atoms with Crippen LogP contribution in [-0.4, -0.2) is 41.7 Å². The second kappa shape index (κ2) is 10.2. The van der Waals surface area contributed by atoms with Gasteiger partial charge < -0.3 is 20.5 Å². The number of carboxylic acid groups (broad SMARTS) is 1. The molecule has 3 N–H and O–H groups in total. The fourth-order valence-corrected chi connectivity index (χ4v) is 3.32. The molecule has 1 fully saturated rings. The molecule has 0 heterocycles. The van der Waals surface area contributed by atoms with Gasteiger partial charge in [0.2, 0.25) is 5.91 Å². The van der Waals surface area contributed by atoms with Crippen LogP contribution in [0.3, 0.4) is 0 Å². The van der Waals surface area contributed by atoms with Crippen LogP contribution in [0.5, 0.6) is 5.75 Å². The molecule has 1 aromatic carbocycles. The minimum Gasteiger partial charge on any atom is -0.494 e. The summed E-state index contributed by atoms with van der Waals surface area (Å²) in [6.07, 6.45) is 6.01. The molecule has 6 heteroatoms. The van der Waals surface area contributed by atoms with Gasteiger partial charge in [0.15, 0.2) is 0 Å². The lowest BCUT2D eigenvalue weighted by atomic mass is 9.95. The smallest absolute Gasteiger partial charge is 0.326 e. The van der Waals surface area contributed by atoms with Gasteiger partial charge >= 0.3 is 5.97 Å². The number of hydrogen-bond donors (Lipinski definition) is 3. The molecule has 2 rings (SSSR count). The molecule has 0 saturated heterocycles. The molecular formula is C20H30N2O4. The average Bonchev–Trinajstić information content (AvgIpc) is 2.63. The van der Waals surface area contributed by atoms with Crippen LogP contribution in [0, 0.1) is 0 Å². The maximum atomic E-state index is 12.4. The molecule has 1 aromatic rings. The lowest BCUT2D eigenvalue weighted by Crippen LogP contribution is -2.52. The van der Waals surface area contributed by atoms with E-state index in [0.717, 1.165) is 24.2 Å². The van der Waals surface area contributed by atoms with E-state index < -0.39 is 18.1 Å². The van der Waals surface area contributed by atoms with E-state index in [1.807, 2.05) is 31.2 Å². The van der Waals surface area contributed by atoms with Crippen molar-refractivity contribution in [2.24, 2.45) is 0 Å². The van der Waals surface area contributed by atoms with Gasteiger partial charge in [0.05, 0.1) is 12.6 Å². The fraction of sp³-hybridized carbons (Fsp3) is 0.600. The highest BCUT2D eigenvalue weighted by atomic mass is 16.5. The van der Waals surface area contributed by atoms with E-state index in [-0.39, 0.29) is 12.3 Å². The summed E-state index contributed by atoms with van der Waals surface area (Å²) in [6, 6.07) is 6.28. The van der Waals surface area contributed by atoms with E-state index in [9.17, 15) is 14.7 Å². The van der Waals surface area contributed by atoms with Gasteiger partial charge in [0, 0.05) is 12.5 Å². The topological polar surface area (TPSA) is 87.7 Å². The minimum absolute atomic E-state index is 0.240. The monoisotopic (exact) mass is 362 g/mol. The Bertz CT molecular complexity index is 582. The molecule has 1 aliphatic carbocycles. The van der Waals surface area contributed by atoms with E-state index in [1.165, 1.54) is 19.3 Å².